The van der Waals surface area contributed by atoms with E-state index in [1.807, 2.05) is 12.1 Å². The highest BCUT2D eigenvalue weighted by molar-refractivity contribution is 5.71. The first-order valence-electron chi connectivity index (χ1n) is 8.10. The Kier molecular flexibility index (Phi) is 4.00. The Morgan fingerprint density at radius 2 is 1.55 bits per heavy atom. The zero-order chi connectivity index (χ0) is 13.9. The Labute approximate surface area is 122 Å². The minimum absolute atomic E-state index is 0.707. The monoisotopic (exact) mass is 270 g/mol. The first kappa shape index (κ1) is 13.5. The highest BCUT2D eigenvalue weighted by Crippen LogP contribution is 2.38. The van der Waals surface area contributed by atoms with E-state index in [0.717, 1.165) is 5.69 Å². The van der Waals surface area contributed by atoms with Gasteiger partial charge in [0.25, 0.3) is 0 Å². The van der Waals surface area contributed by atoms with E-state index in [2.05, 4.69) is 23.6 Å². The molecule has 0 unspecified atom stereocenters. The molecule has 0 aliphatic heterocycles. The van der Waals surface area contributed by atoms with Gasteiger partial charge < -0.3 is 10.6 Å². The first-order valence-corrected chi connectivity index (χ1v) is 8.10. The van der Waals surface area contributed by atoms with Crippen molar-refractivity contribution in [2.75, 3.05) is 10.6 Å². The van der Waals surface area contributed by atoms with Crippen LogP contribution in [0.3, 0.4) is 0 Å². The summed E-state index contributed by atoms with van der Waals surface area (Å²) >= 11 is 0. The van der Waals surface area contributed by atoms with Gasteiger partial charge in [-0.1, -0.05) is 44.4 Å². The molecule has 2 N–H and O–H groups in total. The molecule has 2 aliphatic rings. The Bertz CT molecular complexity index is 452. The van der Waals surface area contributed by atoms with E-state index in [0.29, 0.717) is 12.1 Å². The maximum Gasteiger partial charge on any atom is 0.0465 e. The van der Waals surface area contributed by atoms with Crippen LogP contribution in [0.4, 0.5) is 11.4 Å². The molecule has 0 radical (unpaired) electrons. The van der Waals surface area contributed by atoms with Crippen LogP contribution in [-0.2, 0) is 0 Å². The van der Waals surface area contributed by atoms with Crippen LogP contribution in [-0.4, -0.2) is 12.1 Å². The molecular formula is C18H26N2. The maximum atomic E-state index is 6.06. The Morgan fingerprint density at radius 3 is 2.05 bits per heavy atom. The van der Waals surface area contributed by atoms with Crippen LogP contribution in [0, 0.1) is 0 Å². The van der Waals surface area contributed by atoms with E-state index in [9.17, 15) is 0 Å². The summed E-state index contributed by atoms with van der Waals surface area (Å²) in [6, 6.07) is 7.68. The smallest absolute Gasteiger partial charge is 0.0465 e. The third kappa shape index (κ3) is 2.56. The molecule has 2 nitrogen and oxygen atoms in total. The van der Waals surface area contributed by atoms with Gasteiger partial charge in [0.1, 0.15) is 0 Å². The quantitative estimate of drug-likeness (QED) is 0.810. The minimum Gasteiger partial charge on any atom is -0.399 e. The van der Waals surface area contributed by atoms with Crippen LogP contribution < -0.4 is 10.6 Å². The van der Waals surface area contributed by atoms with Crippen LogP contribution in [0.25, 0.3) is 6.08 Å². The number of rotatable bonds is 4. The number of nitrogens with zero attached hydrogens (tertiary/aromatic N) is 1. The molecule has 0 amide bonds. The molecule has 1 aromatic carbocycles. The van der Waals surface area contributed by atoms with E-state index in [1.54, 1.807) is 0 Å². The Balaban J connectivity index is 1.98. The second kappa shape index (κ2) is 5.90. The third-order valence-corrected chi connectivity index (χ3v) is 4.99. The normalized spacial score (nSPS) is 20.4. The van der Waals surface area contributed by atoms with Crippen molar-refractivity contribution in [3.8, 4) is 0 Å². The fourth-order valence-electron chi connectivity index (χ4n) is 4.01. The molecular weight excluding hydrogens is 244 g/mol. The minimum atomic E-state index is 0.707. The molecule has 0 spiro atoms. The van der Waals surface area contributed by atoms with Crippen molar-refractivity contribution in [1.82, 2.24) is 0 Å². The average Bonchev–Trinajstić information content (AvgIpc) is 3.13. The zero-order valence-corrected chi connectivity index (χ0v) is 12.4. The molecule has 1 aromatic rings. The Morgan fingerprint density at radius 1 is 1.00 bits per heavy atom. The van der Waals surface area contributed by atoms with E-state index >= 15 is 0 Å². The van der Waals surface area contributed by atoms with Crippen molar-refractivity contribution in [2.45, 2.75) is 63.5 Å². The van der Waals surface area contributed by atoms with Gasteiger partial charge in [0.05, 0.1) is 0 Å². The number of hydrogen-bond acceptors (Lipinski definition) is 2. The fraction of sp³-hybridized carbons (Fsp3) is 0.556. The Hall–Kier alpha value is -1.44. The first-order chi connectivity index (χ1) is 9.79. The molecule has 0 heterocycles. The molecule has 2 saturated carbocycles. The molecule has 3 rings (SSSR count). The highest BCUT2D eigenvalue weighted by Gasteiger charge is 2.31. The summed E-state index contributed by atoms with van der Waals surface area (Å²) in [6.45, 7) is 3.99. The maximum absolute atomic E-state index is 6.06. The molecule has 20 heavy (non-hydrogen) atoms. The van der Waals surface area contributed by atoms with E-state index in [4.69, 9.17) is 5.73 Å². The topological polar surface area (TPSA) is 29.3 Å². The predicted molar refractivity (Wildman–Crippen MR) is 87.9 cm³/mol. The van der Waals surface area contributed by atoms with Crippen molar-refractivity contribution < 1.29 is 0 Å². The van der Waals surface area contributed by atoms with Gasteiger partial charge in [-0.25, -0.2) is 0 Å². The number of nitrogen functional groups attached to an aromatic ring is 1. The molecule has 2 heteroatoms. The van der Waals surface area contributed by atoms with Gasteiger partial charge >= 0.3 is 0 Å². The lowest BCUT2D eigenvalue weighted by atomic mass is 10.0. The van der Waals surface area contributed by atoms with Crippen molar-refractivity contribution in [2.24, 2.45) is 0 Å². The molecule has 0 aromatic heterocycles. The third-order valence-electron chi connectivity index (χ3n) is 4.99. The van der Waals surface area contributed by atoms with Crippen molar-refractivity contribution in [1.29, 1.82) is 0 Å². The van der Waals surface area contributed by atoms with Gasteiger partial charge in [0, 0.05) is 23.5 Å². The number of nitrogens with two attached hydrogens (primary N) is 1. The second-order valence-corrected chi connectivity index (χ2v) is 6.31. The molecule has 108 valence electrons. The number of anilines is 2. The summed E-state index contributed by atoms with van der Waals surface area (Å²) in [4.78, 5) is 2.70. The van der Waals surface area contributed by atoms with Gasteiger partial charge in [0.15, 0.2) is 0 Å². The lowest BCUT2D eigenvalue weighted by Crippen LogP contribution is -2.41. The summed E-state index contributed by atoms with van der Waals surface area (Å²) < 4.78 is 0. The number of hydrogen-bond donors (Lipinski definition) is 1. The van der Waals surface area contributed by atoms with Crippen LogP contribution in [0.15, 0.2) is 24.8 Å². The van der Waals surface area contributed by atoms with Gasteiger partial charge in [-0.15, -0.1) is 0 Å². The van der Waals surface area contributed by atoms with E-state index in [1.165, 1.54) is 62.6 Å². The number of benzene rings is 1. The highest BCUT2D eigenvalue weighted by atomic mass is 15.2. The fourth-order valence-corrected chi connectivity index (χ4v) is 4.01. The molecule has 0 bridgehead atoms. The lowest BCUT2D eigenvalue weighted by Gasteiger charge is -2.38. The SMILES string of the molecule is C=Cc1ccc(N)cc1N(C1CCCC1)C1CCCC1. The second-order valence-electron chi connectivity index (χ2n) is 6.31. The zero-order valence-electron chi connectivity index (χ0n) is 12.4. The van der Waals surface area contributed by atoms with Crippen LogP contribution in [0.2, 0.25) is 0 Å². The molecule has 2 fully saturated rings. The summed E-state index contributed by atoms with van der Waals surface area (Å²) in [5, 5.41) is 0. The largest absolute Gasteiger partial charge is 0.399 e. The lowest BCUT2D eigenvalue weighted by molar-refractivity contribution is 0.513. The van der Waals surface area contributed by atoms with Crippen molar-refractivity contribution in [3.63, 3.8) is 0 Å². The van der Waals surface area contributed by atoms with Crippen molar-refractivity contribution in [3.05, 3.63) is 30.3 Å². The summed E-state index contributed by atoms with van der Waals surface area (Å²) in [6.07, 6.45) is 12.8. The van der Waals surface area contributed by atoms with E-state index < -0.39 is 0 Å². The molecule has 2 aliphatic carbocycles. The van der Waals surface area contributed by atoms with Gasteiger partial charge in [-0.05, 0) is 43.4 Å². The summed E-state index contributed by atoms with van der Waals surface area (Å²) in [5.41, 5.74) is 9.48. The van der Waals surface area contributed by atoms with Crippen LogP contribution in [0.5, 0.6) is 0 Å². The van der Waals surface area contributed by atoms with Gasteiger partial charge in [0.2, 0.25) is 0 Å². The predicted octanol–water partition coefficient (Wildman–Crippen LogP) is 4.60. The standard InChI is InChI=1S/C18H26N2/c1-2-14-11-12-15(19)13-18(14)20(16-7-3-4-8-16)17-9-5-6-10-17/h2,11-13,16-17H,1,3-10,19H2. The van der Waals surface area contributed by atoms with Crippen LogP contribution >= 0.6 is 0 Å². The average molecular weight is 270 g/mol. The van der Waals surface area contributed by atoms with Crippen LogP contribution in [0.1, 0.15) is 56.9 Å². The summed E-state index contributed by atoms with van der Waals surface area (Å²) in [7, 11) is 0. The van der Waals surface area contributed by atoms with Crippen molar-refractivity contribution >= 4 is 17.5 Å². The summed E-state index contributed by atoms with van der Waals surface area (Å²) in [5.74, 6) is 0. The van der Waals surface area contributed by atoms with Gasteiger partial charge in [-0.3, -0.25) is 0 Å². The van der Waals surface area contributed by atoms with Gasteiger partial charge in [-0.2, -0.15) is 0 Å². The van der Waals surface area contributed by atoms with E-state index in [-0.39, 0.29) is 0 Å². The molecule has 0 saturated heterocycles. The molecule has 0 atom stereocenters.